The Morgan fingerprint density at radius 1 is 1.00 bits per heavy atom. The highest BCUT2D eigenvalue weighted by atomic mass is 16.5. The van der Waals surface area contributed by atoms with Crippen LogP contribution in [0.2, 0.25) is 0 Å². The van der Waals surface area contributed by atoms with Crippen LogP contribution in [0.15, 0.2) is 0 Å². The van der Waals surface area contributed by atoms with Crippen molar-refractivity contribution in [2.45, 2.75) is 71.8 Å². The maximum atomic E-state index is 9.97. The molecule has 0 aromatic rings. The van der Waals surface area contributed by atoms with Crippen molar-refractivity contribution < 1.29 is 9.84 Å². The number of aliphatic hydroxyl groups is 1. The number of ether oxygens (including phenoxy) is 1. The molecule has 1 aliphatic rings. The van der Waals surface area contributed by atoms with Crippen molar-refractivity contribution in [1.29, 1.82) is 0 Å². The van der Waals surface area contributed by atoms with E-state index in [0.29, 0.717) is 5.41 Å². The van der Waals surface area contributed by atoms with E-state index in [0.717, 1.165) is 45.6 Å². The van der Waals surface area contributed by atoms with Gasteiger partial charge in [0.1, 0.15) is 0 Å². The van der Waals surface area contributed by atoms with Gasteiger partial charge in [-0.1, -0.05) is 40.0 Å². The average molecular weight is 285 g/mol. The molecule has 0 aliphatic carbocycles. The highest BCUT2D eigenvalue weighted by Gasteiger charge is 2.12. The molecule has 1 heterocycles. The van der Waals surface area contributed by atoms with Crippen molar-refractivity contribution in [3.63, 3.8) is 0 Å². The smallest absolute Gasteiger partial charge is 0.0594 e. The second-order valence-corrected chi connectivity index (χ2v) is 7.41. The molecule has 1 N–H and O–H groups in total. The molecule has 0 spiro atoms. The van der Waals surface area contributed by atoms with E-state index in [2.05, 4.69) is 25.7 Å². The van der Waals surface area contributed by atoms with E-state index in [4.69, 9.17) is 4.74 Å². The zero-order valence-corrected chi connectivity index (χ0v) is 13.9. The minimum atomic E-state index is -0.0827. The van der Waals surface area contributed by atoms with Crippen LogP contribution < -0.4 is 0 Å². The largest absolute Gasteiger partial charge is 0.393 e. The first kappa shape index (κ1) is 17.9. The molecular formula is C17H35NO2. The summed E-state index contributed by atoms with van der Waals surface area (Å²) in [7, 11) is 0. The molecule has 120 valence electrons. The molecule has 20 heavy (non-hydrogen) atoms. The molecular weight excluding hydrogens is 250 g/mol. The molecule has 0 radical (unpaired) electrons. The number of unbranched alkanes of at least 4 members (excludes halogenated alkanes) is 2. The minimum Gasteiger partial charge on any atom is -0.393 e. The van der Waals surface area contributed by atoms with Crippen molar-refractivity contribution in [3.8, 4) is 0 Å². The van der Waals surface area contributed by atoms with Crippen molar-refractivity contribution in [2.24, 2.45) is 5.41 Å². The Bertz CT molecular complexity index is 232. The first-order chi connectivity index (χ1) is 9.47. The van der Waals surface area contributed by atoms with Crippen LogP contribution in [0.5, 0.6) is 0 Å². The van der Waals surface area contributed by atoms with Gasteiger partial charge in [-0.2, -0.15) is 0 Å². The van der Waals surface area contributed by atoms with Crippen molar-refractivity contribution >= 4 is 0 Å². The topological polar surface area (TPSA) is 32.7 Å². The summed E-state index contributed by atoms with van der Waals surface area (Å²) in [6.45, 7) is 12.0. The fourth-order valence-electron chi connectivity index (χ4n) is 2.73. The molecule has 1 saturated heterocycles. The van der Waals surface area contributed by atoms with Gasteiger partial charge in [0.2, 0.25) is 0 Å². The van der Waals surface area contributed by atoms with Crippen LogP contribution in [0.4, 0.5) is 0 Å². The van der Waals surface area contributed by atoms with E-state index < -0.39 is 0 Å². The maximum Gasteiger partial charge on any atom is 0.0594 e. The molecule has 0 aromatic carbocycles. The Labute approximate surface area is 125 Å². The number of hydrogen-bond acceptors (Lipinski definition) is 3. The maximum absolute atomic E-state index is 9.97. The standard InChI is InChI=1S/C17H35NO2/c1-17(2,3)10-7-9-16(19)8-5-4-6-11-18-12-14-20-15-13-18/h16,19H,4-15H2,1-3H3/t16-/m1/s1. The van der Waals surface area contributed by atoms with E-state index in [1.165, 1.54) is 32.2 Å². The summed E-state index contributed by atoms with van der Waals surface area (Å²) in [5.41, 5.74) is 0.401. The van der Waals surface area contributed by atoms with Crippen LogP contribution in [0, 0.1) is 5.41 Å². The summed E-state index contributed by atoms with van der Waals surface area (Å²) in [4.78, 5) is 2.49. The second-order valence-electron chi connectivity index (χ2n) is 7.41. The van der Waals surface area contributed by atoms with Gasteiger partial charge in [-0.3, -0.25) is 4.90 Å². The molecule has 0 unspecified atom stereocenters. The van der Waals surface area contributed by atoms with Crippen LogP contribution >= 0.6 is 0 Å². The van der Waals surface area contributed by atoms with Gasteiger partial charge in [0.25, 0.3) is 0 Å². The summed E-state index contributed by atoms with van der Waals surface area (Å²) >= 11 is 0. The molecule has 1 rings (SSSR count). The predicted octanol–water partition coefficient (Wildman–Crippen LogP) is 3.46. The van der Waals surface area contributed by atoms with Gasteiger partial charge < -0.3 is 9.84 Å². The second kappa shape index (κ2) is 9.75. The number of rotatable bonds is 9. The zero-order chi connectivity index (χ0) is 14.8. The fraction of sp³-hybridized carbons (Fsp3) is 1.00. The van der Waals surface area contributed by atoms with Gasteiger partial charge >= 0.3 is 0 Å². The van der Waals surface area contributed by atoms with Crippen LogP contribution in [-0.2, 0) is 4.74 Å². The Morgan fingerprint density at radius 3 is 2.30 bits per heavy atom. The minimum absolute atomic E-state index is 0.0827. The normalized spacial score (nSPS) is 19.2. The summed E-state index contributed by atoms with van der Waals surface area (Å²) in [6, 6.07) is 0. The van der Waals surface area contributed by atoms with Crippen LogP contribution in [-0.4, -0.2) is 49.0 Å². The van der Waals surface area contributed by atoms with E-state index in [9.17, 15) is 5.11 Å². The van der Waals surface area contributed by atoms with Crippen LogP contribution in [0.1, 0.15) is 65.7 Å². The molecule has 0 bridgehead atoms. The third-order valence-electron chi connectivity index (χ3n) is 4.08. The van der Waals surface area contributed by atoms with E-state index in [-0.39, 0.29) is 6.10 Å². The third-order valence-corrected chi connectivity index (χ3v) is 4.08. The Balaban J connectivity index is 1.89. The molecule has 1 atom stereocenters. The lowest BCUT2D eigenvalue weighted by molar-refractivity contribution is 0.0370. The van der Waals surface area contributed by atoms with Gasteiger partial charge in [0, 0.05) is 13.1 Å². The predicted molar refractivity (Wildman–Crippen MR) is 85.0 cm³/mol. The van der Waals surface area contributed by atoms with E-state index >= 15 is 0 Å². The Kier molecular flexibility index (Phi) is 8.74. The number of morpholine rings is 1. The third kappa shape index (κ3) is 9.73. The Hall–Kier alpha value is -0.120. The summed E-state index contributed by atoms with van der Waals surface area (Å²) < 4.78 is 5.35. The first-order valence-corrected chi connectivity index (χ1v) is 8.45. The summed E-state index contributed by atoms with van der Waals surface area (Å²) in [6.07, 6.45) is 7.90. The van der Waals surface area contributed by atoms with Gasteiger partial charge in [-0.15, -0.1) is 0 Å². The molecule has 0 saturated carbocycles. The Morgan fingerprint density at radius 2 is 1.65 bits per heavy atom. The average Bonchev–Trinajstić information content (AvgIpc) is 2.38. The first-order valence-electron chi connectivity index (χ1n) is 8.45. The quantitative estimate of drug-likeness (QED) is 0.659. The van der Waals surface area contributed by atoms with Crippen molar-refractivity contribution in [2.75, 3.05) is 32.8 Å². The molecule has 3 nitrogen and oxygen atoms in total. The van der Waals surface area contributed by atoms with Gasteiger partial charge in [-0.05, 0) is 37.6 Å². The summed E-state index contributed by atoms with van der Waals surface area (Å²) in [5.74, 6) is 0. The van der Waals surface area contributed by atoms with Crippen LogP contribution in [0.25, 0.3) is 0 Å². The molecule has 0 amide bonds. The summed E-state index contributed by atoms with van der Waals surface area (Å²) in [5, 5.41) is 9.97. The van der Waals surface area contributed by atoms with Gasteiger partial charge in [0.15, 0.2) is 0 Å². The van der Waals surface area contributed by atoms with Gasteiger partial charge in [-0.25, -0.2) is 0 Å². The molecule has 3 heteroatoms. The lowest BCUT2D eigenvalue weighted by Gasteiger charge is -2.26. The molecule has 0 aromatic heterocycles. The number of aliphatic hydroxyl groups excluding tert-OH is 1. The van der Waals surface area contributed by atoms with Crippen molar-refractivity contribution in [1.82, 2.24) is 4.90 Å². The van der Waals surface area contributed by atoms with Crippen LogP contribution in [0.3, 0.4) is 0 Å². The molecule has 1 aliphatic heterocycles. The highest BCUT2D eigenvalue weighted by Crippen LogP contribution is 2.22. The lowest BCUT2D eigenvalue weighted by Crippen LogP contribution is -2.36. The van der Waals surface area contributed by atoms with Crippen molar-refractivity contribution in [3.05, 3.63) is 0 Å². The highest BCUT2D eigenvalue weighted by molar-refractivity contribution is 4.65. The fourth-order valence-corrected chi connectivity index (χ4v) is 2.73. The molecule has 1 fully saturated rings. The monoisotopic (exact) mass is 285 g/mol. The number of nitrogens with zero attached hydrogens (tertiary/aromatic N) is 1. The SMILES string of the molecule is CC(C)(C)CCC[C@H](O)CCCCCN1CCOCC1. The van der Waals surface area contributed by atoms with E-state index in [1.807, 2.05) is 0 Å². The lowest BCUT2D eigenvalue weighted by atomic mass is 9.89. The zero-order valence-electron chi connectivity index (χ0n) is 13.9. The van der Waals surface area contributed by atoms with E-state index in [1.54, 1.807) is 0 Å². The number of hydrogen-bond donors (Lipinski definition) is 1. The van der Waals surface area contributed by atoms with Gasteiger partial charge in [0.05, 0.1) is 19.3 Å².